The van der Waals surface area contributed by atoms with Gasteiger partial charge in [0.05, 0.1) is 0 Å². The SMILES string of the molecule is CC1=C(C(C)(C)C)C1(O)C(C)(C)C. The highest BCUT2D eigenvalue weighted by Gasteiger charge is 2.60. The van der Waals surface area contributed by atoms with Crippen molar-refractivity contribution in [3.05, 3.63) is 11.1 Å². The van der Waals surface area contributed by atoms with Crippen LogP contribution in [0, 0.1) is 10.8 Å². The molecule has 0 aliphatic heterocycles. The van der Waals surface area contributed by atoms with Gasteiger partial charge >= 0.3 is 0 Å². The van der Waals surface area contributed by atoms with E-state index in [2.05, 4.69) is 41.5 Å². The van der Waals surface area contributed by atoms with Crippen LogP contribution >= 0.6 is 0 Å². The summed E-state index contributed by atoms with van der Waals surface area (Å²) in [5.74, 6) is 0. The van der Waals surface area contributed by atoms with Crippen LogP contribution in [0.25, 0.3) is 0 Å². The second-order valence-electron chi connectivity index (χ2n) is 6.21. The summed E-state index contributed by atoms with van der Waals surface area (Å²) in [5.41, 5.74) is 1.82. The van der Waals surface area contributed by atoms with Gasteiger partial charge < -0.3 is 5.11 Å². The van der Waals surface area contributed by atoms with Crippen molar-refractivity contribution in [1.29, 1.82) is 0 Å². The molecule has 0 fully saturated rings. The molecule has 0 bridgehead atoms. The van der Waals surface area contributed by atoms with Crippen LogP contribution in [-0.2, 0) is 0 Å². The standard InChI is InChI=1S/C12H22O/c1-8-9(10(2,3)4)12(8,13)11(5,6)7/h13H,1-7H3. The summed E-state index contributed by atoms with van der Waals surface area (Å²) >= 11 is 0. The molecule has 0 aromatic heterocycles. The molecule has 1 unspecified atom stereocenters. The molecule has 0 spiro atoms. The minimum absolute atomic E-state index is 0.0697. The second-order valence-corrected chi connectivity index (χ2v) is 6.21. The van der Waals surface area contributed by atoms with E-state index in [1.165, 1.54) is 11.1 Å². The maximum Gasteiger partial charge on any atom is 0.112 e. The Morgan fingerprint density at radius 1 is 1.00 bits per heavy atom. The lowest BCUT2D eigenvalue weighted by Crippen LogP contribution is -2.35. The lowest BCUT2D eigenvalue weighted by molar-refractivity contribution is 0.0403. The van der Waals surface area contributed by atoms with Crippen molar-refractivity contribution in [2.75, 3.05) is 0 Å². The highest BCUT2D eigenvalue weighted by atomic mass is 16.3. The quantitative estimate of drug-likeness (QED) is 0.571. The molecule has 1 rings (SSSR count). The highest BCUT2D eigenvalue weighted by Crippen LogP contribution is 2.60. The second kappa shape index (κ2) is 2.38. The lowest BCUT2D eigenvalue weighted by atomic mass is 9.77. The zero-order chi connectivity index (χ0) is 10.7. The maximum atomic E-state index is 10.5. The fourth-order valence-corrected chi connectivity index (χ4v) is 2.44. The summed E-state index contributed by atoms with van der Waals surface area (Å²) in [5, 5.41) is 10.5. The number of hydrogen-bond donors (Lipinski definition) is 1. The average Bonchev–Trinajstić information content (AvgIpc) is 2.32. The fraction of sp³-hybridized carbons (Fsp3) is 0.833. The molecule has 76 valence electrons. The predicted octanol–water partition coefficient (Wildman–Crippen LogP) is 3.14. The average molecular weight is 182 g/mol. The molecule has 1 heteroatoms. The third-order valence-electron chi connectivity index (χ3n) is 3.05. The van der Waals surface area contributed by atoms with Gasteiger partial charge in [-0.2, -0.15) is 0 Å². The monoisotopic (exact) mass is 182 g/mol. The van der Waals surface area contributed by atoms with Gasteiger partial charge in [-0.15, -0.1) is 0 Å². The molecule has 0 radical (unpaired) electrons. The molecule has 0 saturated carbocycles. The predicted molar refractivity (Wildman–Crippen MR) is 56.6 cm³/mol. The molecule has 1 atom stereocenters. The van der Waals surface area contributed by atoms with Crippen LogP contribution in [0.2, 0.25) is 0 Å². The van der Waals surface area contributed by atoms with Crippen molar-refractivity contribution in [1.82, 2.24) is 0 Å². The van der Waals surface area contributed by atoms with Gasteiger partial charge in [0.2, 0.25) is 0 Å². The van der Waals surface area contributed by atoms with Crippen molar-refractivity contribution in [2.45, 2.75) is 54.1 Å². The topological polar surface area (TPSA) is 20.2 Å². The van der Waals surface area contributed by atoms with Gasteiger partial charge in [-0.1, -0.05) is 41.5 Å². The first-order valence-electron chi connectivity index (χ1n) is 4.97. The summed E-state index contributed by atoms with van der Waals surface area (Å²) in [7, 11) is 0. The molecular weight excluding hydrogens is 160 g/mol. The van der Waals surface area contributed by atoms with Crippen molar-refractivity contribution < 1.29 is 5.11 Å². The molecule has 0 heterocycles. The first kappa shape index (κ1) is 10.8. The minimum Gasteiger partial charge on any atom is -0.381 e. The lowest BCUT2D eigenvalue weighted by Gasteiger charge is -2.32. The first-order valence-corrected chi connectivity index (χ1v) is 4.97. The molecular formula is C12H22O. The van der Waals surface area contributed by atoms with E-state index < -0.39 is 5.60 Å². The largest absolute Gasteiger partial charge is 0.381 e. The minimum atomic E-state index is -0.620. The molecule has 0 amide bonds. The van der Waals surface area contributed by atoms with E-state index in [0.717, 1.165) is 0 Å². The Morgan fingerprint density at radius 2 is 1.38 bits per heavy atom. The van der Waals surface area contributed by atoms with Crippen molar-refractivity contribution >= 4 is 0 Å². The Labute approximate surface area is 81.9 Å². The summed E-state index contributed by atoms with van der Waals surface area (Å²) in [6.07, 6.45) is 0. The van der Waals surface area contributed by atoms with Gasteiger partial charge in [-0.05, 0) is 28.9 Å². The Hall–Kier alpha value is -0.300. The molecule has 1 N–H and O–H groups in total. The van der Waals surface area contributed by atoms with Crippen LogP contribution in [0.15, 0.2) is 11.1 Å². The Kier molecular flexibility index (Phi) is 1.98. The van der Waals surface area contributed by atoms with Gasteiger partial charge in [0, 0.05) is 0 Å². The van der Waals surface area contributed by atoms with E-state index in [0.29, 0.717) is 0 Å². The van der Waals surface area contributed by atoms with E-state index in [1.807, 2.05) is 6.92 Å². The van der Waals surface area contributed by atoms with E-state index in [4.69, 9.17) is 0 Å². The zero-order valence-corrected chi connectivity index (χ0v) is 9.95. The summed E-state index contributed by atoms with van der Waals surface area (Å²) < 4.78 is 0. The van der Waals surface area contributed by atoms with Crippen LogP contribution in [0.4, 0.5) is 0 Å². The molecule has 0 aromatic rings. The zero-order valence-electron chi connectivity index (χ0n) is 9.95. The first-order chi connectivity index (χ1) is 5.53. The van der Waals surface area contributed by atoms with Crippen molar-refractivity contribution in [3.63, 3.8) is 0 Å². The summed E-state index contributed by atoms with van der Waals surface area (Å²) in [4.78, 5) is 0. The number of rotatable bonds is 0. The number of hydrogen-bond acceptors (Lipinski definition) is 1. The third-order valence-corrected chi connectivity index (χ3v) is 3.05. The van der Waals surface area contributed by atoms with Crippen LogP contribution < -0.4 is 0 Å². The van der Waals surface area contributed by atoms with E-state index in [1.54, 1.807) is 0 Å². The third kappa shape index (κ3) is 1.34. The molecule has 0 aromatic carbocycles. The van der Waals surface area contributed by atoms with E-state index in [-0.39, 0.29) is 10.8 Å². The maximum absolute atomic E-state index is 10.5. The van der Waals surface area contributed by atoms with Gasteiger partial charge in [-0.25, -0.2) is 0 Å². The fourth-order valence-electron chi connectivity index (χ4n) is 2.44. The van der Waals surface area contributed by atoms with Gasteiger partial charge in [0.1, 0.15) is 5.60 Å². The molecule has 0 saturated heterocycles. The summed E-state index contributed by atoms with van der Waals surface area (Å²) in [6, 6.07) is 0. The Morgan fingerprint density at radius 3 is 1.46 bits per heavy atom. The molecule has 13 heavy (non-hydrogen) atoms. The van der Waals surface area contributed by atoms with Crippen LogP contribution in [0.1, 0.15) is 48.5 Å². The van der Waals surface area contributed by atoms with Gasteiger partial charge in [-0.3, -0.25) is 0 Å². The molecule has 1 aliphatic rings. The number of aliphatic hydroxyl groups is 1. The molecule has 1 nitrogen and oxygen atoms in total. The van der Waals surface area contributed by atoms with Crippen LogP contribution in [0.5, 0.6) is 0 Å². The van der Waals surface area contributed by atoms with Crippen LogP contribution in [0.3, 0.4) is 0 Å². The van der Waals surface area contributed by atoms with E-state index >= 15 is 0 Å². The Balaban J connectivity index is 2.98. The normalized spacial score (nSPS) is 29.5. The Bertz CT molecular complexity index is 260. The summed E-state index contributed by atoms with van der Waals surface area (Å²) in [6.45, 7) is 14.8. The van der Waals surface area contributed by atoms with Gasteiger partial charge in [0.15, 0.2) is 0 Å². The van der Waals surface area contributed by atoms with Crippen molar-refractivity contribution in [2.24, 2.45) is 10.8 Å². The molecule has 1 aliphatic carbocycles. The smallest absolute Gasteiger partial charge is 0.112 e. The van der Waals surface area contributed by atoms with Crippen LogP contribution in [-0.4, -0.2) is 10.7 Å². The van der Waals surface area contributed by atoms with E-state index in [9.17, 15) is 5.11 Å². The van der Waals surface area contributed by atoms with Gasteiger partial charge in [0.25, 0.3) is 0 Å². The van der Waals surface area contributed by atoms with Crippen molar-refractivity contribution in [3.8, 4) is 0 Å². The highest BCUT2D eigenvalue weighted by molar-refractivity contribution is 5.56.